The van der Waals surface area contributed by atoms with Crippen molar-refractivity contribution in [3.8, 4) is 11.3 Å². The molecule has 0 spiro atoms. The average molecular weight is 398 g/mol. The van der Waals surface area contributed by atoms with Gasteiger partial charge in [-0.15, -0.1) is 0 Å². The average Bonchev–Trinajstić information content (AvgIpc) is 3.31. The van der Waals surface area contributed by atoms with Gasteiger partial charge in [0.1, 0.15) is 5.76 Å². The zero-order valence-electron chi connectivity index (χ0n) is 17.9. The normalized spacial score (nSPS) is 22.2. The van der Waals surface area contributed by atoms with E-state index in [9.17, 15) is 4.79 Å². The number of likely N-dealkylation sites (tertiary alicyclic amines) is 2. The van der Waals surface area contributed by atoms with Gasteiger partial charge in [0.25, 0.3) is 0 Å². The summed E-state index contributed by atoms with van der Waals surface area (Å²) in [6.45, 7) is 9.65. The van der Waals surface area contributed by atoms with Crippen LogP contribution in [-0.2, 0) is 11.2 Å². The minimum absolute atomic E-state index is 0.197. The molecule has 1 atom stereocenters. The Kier molecular flexibility index (Phi) is 5.42. The molecule has 0 aromatic carbocycles. The lowest BCUT2D eigenvalue weighted by molar-refractivity contribution is -0.142. The fourth-order valence-corrected chi connectivity index (χ4v) is 4.63. The van der Waals surface area contributed by atoms with Crippen LogP contribution in [-0.4, -0.2) is 64.1 Å². The largest absolute Gasteiger partial charge is 0.361 e. The predicted octanol–water partition coefficient (Wildman–Crippen LogP) is 2.87. The van der Waals surface area contributed by atoms with Crippen LogP contribution in [0.1, 0.15) is 43.3 Å². The Morgan fingerprint density at radius 3 is 2.59 bits per heavy atom. The minimum atomic E-state index is -0.197. The van der Waals surface area contributed by atoms with Crippen molar-refractivity contribution >= 4 is 5.91 Å². The zero-order valence-corrected chi connectivity index (χ0v) is 17.9. The van der Waals surface area contributed by atoms with Crippen LogP contribution in [0.2, 0.25) is 0 Å². The highest BCUT2D eigenvalue weighted by molar-refractivity contribution is 5.82. The van der Waals surface area contributed by atoms with E-state index in [1.807, 2.05) is 20.0 Å². The van der Waals surface area contributed by atoms with E-state index in [-0.39, 0.29) is 5.41 Å². The molecule has 0 N–H and O–H groups in total. The number of rotatable bonds is 4. The first kappa shape index (κ1) is 20.0. The van der Waals surface area contributed by atoms with Crippen molar-refractivity contribution in [1.82, 2.24) is 24.9 Å². The summed E-state index contributed by atoms with van der Waals surface area (Å²) in [5, 5.41) is 3.99. The molecule has 1 amide bonds. The first-order valence-electron chi connectivity index (χ1n) is 10.6. The number of hydrogen-bond donors (Lipinski definition) is 0. The van der Waals surface area contributed by atoms with Crippen LogP contribution in [0.4, 0.5) is 0 Å². The van der Waals surface area contributed by atoms with E-state index in [1.54, 1.807) is 6.20 Å². The zero-order chi connectivity index (χ0) is 20.6. The van der Waals surface area contributed by atoms with Gasteiger partial charge in [-0.2, -0.15) is 0 Å². The van der Waals surface area contributed by atoms with E-state index in [1.165, 1.54) is 0 Å². The van der Waals surface area contributed by atoms with Gasteiger partial charge in [0.2, 0.25) is 5.91 Å². The molecule has 2 aliphatic heterocycles. The van der Waals surface area contributed by atoms with Crippen LogP contribution in [0.3, 0.4) is 0 Å². The number of nitrogens with zero attached hydrogens (tertiary/aromatic N) is 5. The van der Waals surface area contributed by atoms with E-state index in [4.69, 9.17) is 4.52 Å². The molecule has 7 nitrogen and oxygen atoms in total. The third-order valence-corrected chi connectivity index (χ3v) is 6.67. The van der Waals surface area contributed by atoms with Crippen molar-refractivity contribution in [2.24, 2.45) is 11.3 Å². The number of amides is 1. The number of piperidine rings is 1. The molecule has 2 saturated heterocycles. The van der Waals surface area contributed by atoms with E-state index >= 15 is 0 Å². The first-order chi connectivity index (χ1) is 13.9. The molecular formula is C22H31N5O2. The SMILES string of the molecule is Cc1noc(C)c1-c1cnc(C[C@@H]2CCN(C(=O)C3(C)CCN(C)CC3)C2)cn1. The monoisotopic (exact) mass is 397 g/mol. The van der Waals surface area contributed by atoms with Gasteiger partial charge < -0.3 is 14.3 Å². The Morgan fingerprint density at radius 2 is 1.97 bits per heavy atom. The lowest BCUT2D eigenvalue weighted by atomic mass is 9.79. The Balaban J connectivity index is 1.36. The van der Waals surface area contributed by atoms with Gasteiger partial charge in [-0.1, -0.05) is 12.1 Å². The summed E-state index contributed by atoms with van der Waals surface area (Å²) in [4.78, 5) is 26.7. The van der Waals surface area contributed by atoms with Crippen molar-refractivity contribution in [1.29, 1.82) is 0 Å². The summed E-state index contributed by atoms with van der Waals surface area (Å²) in [6, 6.07) is 0. The molecule has 0 saturated carbocycles. The molecule has 2 aromatic heterocycles. The number of aryl methyl sites for hydroxylation is 2. The molecule has 4 heterocycles. The number of hydrogen-bond acceptors (Lipinski definition) is 6. The fraction of sp³-hybridized carbons (Fsp3) is 0.636. The smallest absolute Gasteiger partial charge is 0.228 e. The molecule has 0 unspecified atom stereocenters. The van der Waals surface area contributed by atoms with Crippen LogP contribution in [0, 0.1) is 25.2 Å². The highest BCUT2D eigenvalue weighted by atomic mass is 16.5. The Labute approximate surface area is 172 Å². The van der Waals surface area contributed by atoms with Crippen molar-refractivity contribution < 1.29 is 9.32 Å². The van der Waals surface area contributed by atoms with Crippen LogP contribution in [0.5, 0.6) is 0 Å². The molecule has 0 aliphatic carbocycles. The maximum atomic E-state index is 13.1. The summed E-state index contributed by atoms with van der Waals surface area (Å²) in [6.07, 6.45) is 7.46. The quantitative estimate of drug-likeness (QED) is 0.790. The van der Waals surface area contributed by atoms with E-state index < -0.39 is 0 Å². The van der Waals surface area contributed by atoms with Crippen molar-refractivity contribution in [2.75, 3.05) is 33.2 Å². The molecule has 7 heteroatoms. The number of carbonyl (C=O) groups excluding carboxylic acids is 1. The van der Waals surface area contributed by atoms with E-state index in [0.29, 0.717) is 11.8 Å². The van der Waals surface area contributed by atoms with Crippen molar-refractivity contribution in [3.05, 3.63) is 29.5 Å². The molecule has 29 heavy (non-hydrogen) atoms. The topological polar surface area (TPSA) is 75.4 Å². The highest BCUT2D eigenvalue weighted by Crippen LogP contribution is 2.35. The molecule has 0 radical (unpaired) electrons. The summed E-state index contributed by atoms with van der Waals surface area (Å²) >= 11 is 0. The lowest BCUT2D eigenvalue weighted by Gasteiger charge is -2.39. The maximum absolute atomic E-state index is 13.1. The van der Waals surface area contributed by atoms with Crippen LogP contribution < -0.4 is 0 Å². The highest BCUT2D eigenvalue weighted by Gasteiger charge is 2.40. The number of aromatic nitrogens is 3. The molecular weight excluding hydrogens is 366 g/mol. The molecule has 2 aromatic rings. The minimum Gasteiger partial charge on any atom is -0.361 e. The van der Waals surface area contributed by atoms with Gasteiger partial charge in [0, 0.05) is 24.7 Å². The second-order valence-corrected chi connectivity index (χ2v) is 9.07. The Bertz CT molecular complexity index is 848. The van der Waals surface area contributed by atoms with Crippen molar-refractivity contribution in [2.45, 2.75) is 46.5 Å². The van der Waals surface area contributed by atoms with Gasteiger partial charge in [0.05, 0.1) is 28.8 Å². The third-order valence-electron chi connectivity index (χ3n) is 6.67. The van der Waals surface area contributed by atoms with Gasteiger partial charge in [0.15, 0.2) is 0 Å². The molecule has 0 bridgehead atoms. The summed E-state index contributed by atoms with van der Waals surface area (Å²) in [5.41, 5.74) is 3.33. The first-order valence-corrected chi connectivity index (χ1v) is 10.6. The molecule has 2 fully saturated rings. The Morgan fingerprint density at radius 1 is 1.21 bits per heavy atom. The van der Waals surface area contributed by atoms with Crippen molar-refractivity contribution in [3.63, 3.8) is 0 Å². The van der Waals surface area contributed by atoms with Gasteiger partial charge in [-0.05, 0) is 65.6 Å². The van der Waals surface area contributed by atoms with E-state index in [2.05, 4.69) is 38.9 Å². The second kappa shape index (κ2) is 7.86. The van der Waals surface area contributed by atoms with Crippen LogP contribution in [0.25, 0.3) is 11.3 Å². The lowest BCUT2D eigenvalue weighted by Crippen LogP contribution is -2.47. The van der Waals surface area contributed by atoms with Crippen LogP contribution in [0.15, 0.2) is 16.9 Å². The van der Waals surface area contributed by atoms with Gasteiger partial charge in [-0.3, -0.25) is 14.8 Å². The van der Waals surface area contributed by atoms with E-state index in [0.717, 1.165) is 80.3 Å². The molecule has 4 rings (SSSR count). The maximum Gasteiger partial charge on any atom is 0.228 e. The standard InChI is InChI=1S/C22H31N5O2/c1-15-20(16(2)29-25-15)19-13-23-18(12-24-19)11-17-5-8-27(14-17)21(28)22(3)6-9-26(4)10-7-22/h12-13,17H,5-11,14H2,1-4H3/t17-/m0/s1. The second-order valence-electron chi connectivity index (χ2n) is 9.07. The summed E-state index contributed by atoms with van der Waals surface area (Å²) < 4.78 is 5.23. The summed E-state index contributed by atoms with van der Waals surface area (Å²) in [7, 11) is 2.13. The number of carbonyl (C=O) groups is 1. The van der Waals surface area contributed by atoms with Gasteiger partial charge in [-0.25, -0.2) is 0 Å². The molecule has 156 valence electrons. The van der Waals surface area contributed by atoms with Crippen LogP contribution >= 0.6 is 0 Å². The predicted molar refractivity (Wildman–Crippen MR) is 110 cm³/mol. The summed E-state index contributed by atoms with van der Waals surface area (Å²) in [5.74, 6) is 1.55. The molecule has 2 aliphatic rings. The van der Waals surface area contributed by atoms with Gasteiger partial charge >= 0.3 is 0 Å². The third kappa shape index (κ3) is 4.06. The fourth-order valence-electron chi connectivity index (χ4n) is 4.63. The Hall–Kier alpha value is -2.28.